The highest BCUT2D eigenvalue weighted by Crippen LogP contribution is 2.72. The second-order valence-electron chi connectivity index (χ2n) is 22.8. The molecular weight excluding hydrogens is 870 g/mol. The van der Waals surface area contributed by atoms with Crippen molar-refractivity contribution in [1.29, 1.82) is 0 Å². The normalized spacial score (nSPS) is 16.0. The highest BCUT2D eigenvalue weighted by molar-refractivity contribution is 6.88. The third kappa shape index (κ3) is 5.10. The van der Waals surface area contributed by atoms with Crippen molar-refractivity contribution >= 4 is 70.4 Å². The van der Waals surface area contributed by atoms with Crippen molar-refractivity contribution in [3.8, 4) is 44.5 Å². The highest BCUT2D eigenvalue weighted by Gasteiger charge is 2.62. The molecule has 0 saturated heterocycles. The fraction of sp³-hybridized carbons (Fsp3) is 0.182. The van der Waals surface area contributed by atoms with E-state index in [1.807, 2.05) is 0 Å². The summed E-state index contributed by atoms with van der Waals surface area (Å²) in [7, 11) is 0. The van der Waals surface area contributed by atoms with Gasteiger partial charge in [-0.3, -0.25) is 0 Å². The van der Waals surface area contributed by atoms with Crippen molar-refractivity contribution in [3.63, 3.8) is 0 Å². The molecule has 9 aromatic rings. The van der Waals surface area contributed by atoms with E-state index in [1.165, 1.54) is 157 Å². The Labute approximate surface area is 425 Å². The Balaban J connectivity index is 1.10. The largest absolute Gasteiger partial charge is 0.421 e. The van der Waals surface area contributed by atoms with Crippen LogP contribution in [0.3, 0.4) is 0 Å². The van der Waals surface area contributed by atoms with E-state index in [0.29, 0.717) is 0 Å². The van der Waals surface area contributed by atoms with Gasteiger partial charge >= 0.3 is 14.0 Å². The van der Waals surface area contributed by atoms with Crippen LogP contribution in [0.5, 0.6) is 0 Å². The molecule has 6 aliphatic rings. The quantitative estimate of drug-likeness (QED) is 0.160. The van der Waals surface area contributed by atoms with E-state index in [1.54, 1.807) is 0 Å². The Bertz CT molecular complexity index is 3660. The molecule has 0 aromatic heterocycles. The fourth-order valence-electron chi connectivity index (χ4n) is 14.8. The maximum absolute atomic E-state index is 2.79. The van der Waals surface area contributed by atoms with E-state index in [2.05, 4.69) is 246 Å². The van der Waals surface area contributed by atoms with Crippen LogP contribution in [0, 0.1) is 41.5 Å². The molecule has 6 heteroatoms. The molecule has 0 amide bonds. The van der Waals surface area contributed by atoms with Crippen molar-refractivity contribution in [2.45, 2.75) is 80.1 Å². The minimum absolute atomic E-state index is 0.113. The standard InChI is InChI=1S/C66H56B2N4/c1-37-25-29-55-49(33-37)65(7,8)59-61-64-60(62-63(59)71(55)67-51-23-13-11-21-45(51)47-35-44(28-32-54(47)70(62)67)58-41(5)19-16-20-42(58)6)66(9,10)50-34-38(2)26-30-56(50)72(64)68-52-24-14-12-22-46(52)48-36-43(27-31-53(48)69(61)68)57-39(3)17-15-18-40(57)4/h11-36H,1-10H3. The summed E-state index contributed by atoms with van der Waals surface area (Å²) >= 11 is 0. The first-order chi connectivity index (χ1) is 34.8. The number of benzene rings is 9. The van der Waals surface area contributed by atoms with Gasteiger partial charge in [-0.1, -0.05) is 160 Å². The maximum atomic E-state index is 2.79. The molecule has 0 unspecified atom stereocenters. The zero-order valence-electron chi connectivity index (χ0n) is 43.0. The summed E-state index contributed by atoms with van der Waals surface area (Å²) in [6.45, 7) is 23.4. The third-order valence-electron chi connectivity index (χ3n) is 17.9. The minimum atomic E-state index is -0.386. The molecule has 6 aliphatic heterocycles. The summed E-state index contributed by atoms with van der Waals surface area (Å²) in [5, 5.41) is 0. The van der Waals surface area contributed by atoms with Crippen LogP contribution in [-0.4, -0.2) is 14.0 Å². The summed E-state index contributed by atoms with van der Waals surface area (Å²) in [5.74, 6) is 0. The highest BCUT2D eigenvalue weighted by atomic mass is 15.4. The minimum Gasteiger partial charge on any atom is -0.359 e. The first-order valence-electron chi connectivity index (χ1n) is 26.0. The number of nitrogens with zero attached hydrogens (tertiary/aromatic N) is 4. The number of anilines is 8. The molecule has 0 bridgehead atoms. The van der Waals surface area contributed by atoms with Gasteiger partial charge < -0.3 is 19.2 Å². The summed E-state index contributed by atoms with van der Waals surface area (Å²) in [6.07, 6.45) is 0. The maximum Gasteiger partial charge on any atom is 0.421 e. The Morgan fingerprint density at radius 1 is 0.333 bits per heavy atom. The Kier molecular flexibility index (Phi) is 8.20. The van der Waals surface area contributed by atoms with Crippen molar-refractivity contribution in [1.82, 2.24) is 0 Å². The fourth-order valence-corrected chi connectivity index (χ4v) is 14.8. The predicted molar refractivity (Wildman–Crippen MR) is 306 cm³/mol. The second kappa shape index (κ2) is 14.0. The predicted octanol–water partition coefficient (Wildman–Crippen LogP) is 15.5. The molecule has 0 aliphatic carbocycles. The summed E-state index contributed by atoms with van der Waals surface area (Å²) in [5.41, 5.74) is 36.0. The molecule has 0 fully saturated rings. The molecule has 15 rings (SSSR count). The first-order valence-corrected chi connectivity index (χ1v) is 26.0. The van der Waals surface area contributed by atoms with Crippen LogP contribution in [0.1, 0.15) is 83.3 Å². The molecule has 0 atom stereocenters. The first kappa shape index (κ1) is 42.0. The van der Waals surface area contributed by atoms with E-state index < -0.39 is 0 Å². The van der Waals surface area contributed by atoms with Crippen LogP contribution in [0.15, 0.2) is 158 Å². The van der Waals surface area contributed by atoms with Crippen LogP contribution >= 0.6 is 0 Å². The lowest BCUT2D eigenvalue weighted by Gasteiger charge is -2.46. The van der Waals surface area contributed by atoms with Gasteiger partial charge in [-0.25, -0.2) is 0 Å². The van der Waals surface area contributed by atoms with E-state index in [-0.39, 0.29) is 24.8 Å². The number of hydrogen-bond donors (Lipinski definition) is 0. The topological polar surface area (TPSA) is 13.0 Å². The van der Waals surface area contributed by atoms with Crippen molar-refractivity contribution in [3.05, 3.63) is 213 Å². The van der Waals surface area contributed by atoms with Gasteiger partial charge in [0.05, 0.1) is 22.7 Å². The molecule has 346 valence electrons. The average Bonchev–Trinajstić information content (AvgIpc) is 3.90. The van der Waals surface area contributed by atoms with E-state index in [9.17, 15) is 0 Å². The molecule has 4 nitrogen and oxygen atoms in total. The summed E-state index contributed by atoms with van der Waals surface area (Å²) in [6, 6.07) is 61.2. The molecule has 9 aromatic carbocycles. The van der Waals surface area contributed by atoms with Crippen LogP contribution in [0.25, 0.3) is 44.5 Å². The third-order valence-corrected chi connectivity index (χ3v) is 17.9. The number of hydrogen-bond acceptors (Lipinski definition) is 4. The number of aryl methyl sites for hydroxylation is 6. The number of rotatable bonds is 2. The SMILES string of the molecule is Cc1ccc2c(c1)C(C)(C)c1c3c4c(c5c1N2B1c2ccccc2-c2cc(-c6c(C)cccc6C)ccc2N15)C(C)(C)c1cc(C)ccc1N4B1c2ccccc2-c2cc(-c4c(C)cccc4C)ccc2N13. The van der Waals surface area contributed by atoms with Crippen LogP contribution < -0.4 is 30.2 Å². The molecule has 0 N–H and O–H groups in total. The molecular formula is C66H56B2N4. The molecule has 72 heavy (non-hydrogen) atoms. The van der Waals surface area contributed by atoms with Gasteiger partial charge in [0.15, 0.2) is 0 Å². The van der Waals surface area contributed by atoms with Crippen LogP contribution in [0.2, 0.25) is 0 Å². The van der Waals surface area contributed by atoms with Gasteiger partial charge in [0.2, 0.25) is 0 Å². The van der Waals surface area contributed by atoms with Gasteiger partial charge in [-0.05, 0) is 156 Å². The second-order valence-corrected chi connectivity index (χ2v) is 22.8. The molecule has 0 saturated carbocycles. The van der Waals surface area contributed by atoms with E-state index >= 15 is 0 Å². The molecule has 0 spiro atoms. The smallest absolute Gasteiger partial charge is 0.359 e. The number of fused-ring (bicyclic) bond motifs is 22. The lowest BCUT2D eigenvalue weighted by atomic mass is 9.57. The monoisotopic (exact) mass is 926 g/mol. The van der Waals surface area contributed by atoms with Gasteiger partial charge in [-0.15, -0.1) is 0 Å². The van der Waals surface area contributed by atoms with Gasteiger partial charge in [0.25, 0.3) is 0 Å². The van der Waals surface area contributed by atoms with Gasteiger partial charge in [0.1, 0.15) is 0 Å². The lowest BCUT2D eigenvalue weighted by Crippen LogP contribution is -2.58. The Morgan fingerprint density at radius 3 is 1.07 bits per heavy atom. The van der Waals surface area contributed by atoms with Crippen molar-refractivity contribution in [2.24, 2.45) is 0 Å². The zero-order chi connectivity index (χ0) is 49.0. The van der Waals surface area contributed by atoms with Crippen LogP contribution in [0.4, 0.5) is 45.5 Å². The average molecular weight is 927 g/mol. The zero-order valence-corrected chi connectivity index (χ0v) is 43.0. The van der Waals surface area contributed by atoms with E-state index in [4.69, 9.17) is 0 Å². The van der Waals surface area contributed by atoms with Crippen molar-refractivity contribution in [2.75, 3.05) is 19.2 Å². The lowest BCUT2D eigenvalue weighted by molar-refractivity contribution is 0.623. The van der Waals surface area contributed by atoms with Crippen LogP contribution in [-0.2, 0) is 10.8 Å². The molecule has 0 radical (unpaired) electrons. The van der Waals surface area contributed by atoms with Crippen molar-refractivity contribution < 1.29 is 0 Å². The van der Waals surface area contributed by atoms with E-state index in [0.717, 1.165) is 0 Å². The van der Waals surface area contributed by atoms with Gasteiger partial charge in [-0.2, -0.15) is 0 Å². The Morgan fingerprint density at radius 2 is 0.681 bits per heavy atom. The summed E-state index contributed by atoms with van der Waals surface area (Å²) < 4.78 is 0. The summed E-state index contributed by atoms with van der Waals surface area (Å²) in [4.78, 5) is 11.2. The van der Waals surface area contributed by atoms with Gasteiger partial charge in [0, 0.05) is 55.8 Å². The molecule has 6 heterocycles. The Hall–Kier alpha value is -7.69.